The summed E-state index contributed by atoms with van der Waals surface area (Å²) in [7, 11) is 0. The molecule has 0 amide bonds. The quantitative estimate of drug-likeness (QED) is 0.472. The first-order valence-electron chi connectivity index (χ1n) is 4.01. The minimum Gasteiger partial charge on any atom is -0.291 e. The van der Waals surface area contributed by atoms with E-state index in [1.165, 1.54) is 0 Å². The zero-order valence-corrected chi connectivity index (χ0v) is 7.57. The number of rotatable bonds is 3. The number of carbonyl (C=O) groups is 4. The Morgan fingerprint density at radius 2 is 1.86 bits per heavy atom. The van der Waals surface area contributed by atoms with Gasteiger partial charge >= 0.3 is 0 Å². The van der Waals surface area contributed by atoms with Crippen molar-refractivity contribution in [2.24, 2.45) is 0 Å². The number of ketones is 4. The summed E-state index contributed by atoms with van der Waals surface area (Å²) in [4.78, 5) is 43.6. The van der Waals surface area contributed by atoms with Crippen LogP contribution in [0.4, 0.5) is 0 Å². The molecule has 0 saturated heterocycles. The Hall–Kier alpha value is -1.84. The second kappa shape index (κ2) is 3.91. The molecule has 4 heteroatoms. The van der Waals surface area contributed by atoms with Gasteiger partial charge in [-0.3, -0.25) is 19.2 Å². The number of hydrogen-bond acceptors (Lipinski definition) is 4. The van der Waals surface area contributed by atoms with Crippen molar-refractivity contribution in [1.29, 1.82) is 0 Å². The van der Waals surface area contributed by atoms with Gasteiger partial charge < -0.3 is 0 Å². The number of carbonyl (C=O) groups excluding carboxylic acids is 4. The molecule has 0 unspecified atom stereocenters. The first-order chi connectivity index (χ1) is 6.50. The highest BCUT2D eigenvalue weighted by molar-refractivity contribution is 6.38. The Labute approximate surface area is 80.3 Å². The highest BCUT2D eigenvalue weighted by Gasteiger charge is 2.18. The predicted octanol–water partition coefficient (Wildman–Crippen LogP) is 0.169. The molecule has 14 heavy (non-hydrogen) atoms. The molecule has 0 N–H and O–H groups in total. The molecule has 0 bridgehead atoms. The van der Waals surface area contributed by atoms with E-state index in [0.29, 0.717) is 0 Å². The zero-order valence-electron chi connectivity index (χ0n) is 7.57. The van der Waals surface area contributed by atoms with Crippen molar-refractivity contribution in [3.05, 3.63) is 23.8 Å². The van der Waals surface area contributed by atoms with E-state index in [9.17, 15) is 19.2 Å². The van der Waals surface area contributed by atoms with Crippen LogP contribution in [0.2, 0.25) is 0 Å². The largest absolute Gasteiger partial charge is 0.291 e. The second-order valence-electron chi connectivity index (χ2n) is 2.93. The smallest absolute Gasteiger partial charge is 0.202 e. The molecule has 0 aromatic carbocycles. The Morgan fingerprint density at radius 3 is 2.43 bits per heavy atom. The Kier molecular flexibility index (Phi) is 2.86. The Balaban J connectivity index is 2.79. The molecule has 0 saturated carbocycles. The third-order valence-electron chi connectivity index (χ3n) is 1.78. The fourth-order valence-corrected chi connectivity index (χ4v) is 0.991. The van der Waals surface area contributed by atoms with Gasteiger partial charge in [-0.1, -0.05) is 0 Å². The van der Waals surface area contributed by atoms with Crippen molar-refractivity contribution < 1.29 is 19.2 Å². The first-order valence-corrected chi connectivity index (χ1v) is 4.01. The summed E-state index contributed by atoms with van der Waals surface area (Å²) >= 11 is 0. The van der Waals surface area contributed by atoms with Crippen molar-refractivity contribution in [2.75, 3.05) is 0 Å². The molecule has 0 spiro atoms. The molecule has 72 valence electrons. The summed E-state index contributed by atoms with van der Waals surface area (Å²) in [5.41, 5.74) is 0.0812. The lowest BCUT2D eigenvalue weighted by molar-refractivity contribution is -0.135. The zero-order chi connectivity index (χ0) is 10.7. The van der Waals surface area contributed by atoms with E-state index in [1.807, 2.05) is 0 Å². The Bertz CT molecular complexity index is 385. The molecule has 4 nitrogen and oxygen atoms in total. The molecule has 0 radical (unpaired) electrons. The van der Waals surface area contributed by atoms with Gasteiger partial charge in [0.1, 0.15) is 0 Å². The van der Waals surface area contributed by atoms with Crippen LogP contribution < -0.4 is 0 Å². The molecule has 1 aliphatic carbocycles. The van der Waals surface area contributed by atoms with Gasteiger partial charge in [0.05, 0.1) is 0 Å². The van der Waals surface area contributed by atoms with Gasteiger partial charge in [-0.15, -0.1) is 0 Å². The van der Waals surface area contributed by atoms with Crippen LogP contribution in [0.5, 0.6) is 0 Å². The van der Waals surface area contributed by atoms with E-state index in [1.54, 1.807) is 0 Å². The van der Waals surface area contributed by atoms with Gasteiger partial charge in [-0.05, 0) is 18.2 Å². The Morgan fingerprint density at radius 1 is 1.21 bits per heavy atom. The van der Waals surface area contributed by atoms with Crippen LogP contribution in [-0.2, 0) is 19.2 Å². The van der Waals surface area contributed by atoms with E-state index in [2.05, 4.69) is 0 Å². The van der Waals surface area contributed by atoms with Crippen LogP contribution >= 0.6 is 0 Å². The van der Waals surface area contributed by atoms with Gasteiger partial charge in [0.2, 0.25) is 5.78 Å². The lowest BCUT2D eigenvalue weighted by Gasteiger charge is -2.03. The summed E-state index contributed by atoms with van der Waals surface area (Å²) in [6.45, 7) is 1.13. The lowest BCUT2D eigenvalue weighted by atomic mass is 9.98. The van der Waals surface area contributed by atoms with Crippen molar-refractivity contribution >= 4 is 23.1 Å². The topological polar surface area (TPSA) is 68.3 Å². The number of hydrogen-bond donors (Lipinski definition) is 0. The van der Waals surface area contributed by atoms with Crippen LogP contribution in [0, 0.1) is 0 Å². The minimum absolute atomic E-state index is 0.0812. The van der Waals surface area contributed by atoms with Crippen molar-refractivity contribution in [3.63, 3.8) is 0 Å². The van der Waals surface area contributed by atoms with Gasteiger partial charge in [-0.2, -0.15) is 0 Å². The highest BCUT2D eigenvalue weighted by atomic mass is 16.2. The average Bonchev–Trinajstić information content (AvgIpc) is 2.11. The summed E-state index contributed by atoms with van der Waals surface area (Å²) in [6.07, 6.45) is 3.03. The summed E-state index contributed by atoms with van der Waals surface area (Å²) < 4.78 is 0. The second-order valence-corrected chi connectivity index (χ2v) is 2.93. The molecular formula is C10H8O4. The molecule has 0 aliphatic heterocycles. The normalized spacial score (nSPS) is 15.4. The van der Waals surface area contributed by atoms with Crippen molar-refractivity contribution in [2.45, 2.75) is 13.3 Å². The van der Waals surface area contributed by atoms with Crippen molar-refractivity contribution in [3.8, 4) is 0 Å². The molecular weight excluding hydrogens is 184 g/mol. The highest BCUT2D eigenvalue weighted by Crippen LogP contribution is 2.10. The lowest BCUT2D eigenvalue weighted by Crippen LogP contribution is -2.16. The number of allylic oxidation sites excluding steroid dienone is 4. The van der Waals surface area contributed by atoms with Crippen LogP contribution in [0.25, 0.3) is 0 Å². The minimum atomic E-state index is -0.660. The van der Waals surface area contributed by atoms with E-state index in [4.69, 9.17) is 0 Å². The molecule has 0 aromatic rings. The van der Waals surface area contributed by atoms with E-state index in [-0.39, 0.29) is 23.6 Å². The van der Waals surface area contributed by atoms with E-state index in [0.717, 1.165) is 25.2 Å². The maximum Gasteiger partial charge on any atom is 0.202 e. The summed E-state index contributed by atoms with van der Waals surface area (Å²) in [5, 5.41) is 0. The van der Waals surface area contributed by atoms with Crippen molar-refractivity contribution in [1.82, 2.24) is 0 Å². The van der Waals surface area contributed by atoms with E-state index < -0.39 is 11.6 Å². The standard InChI is InChI=1S/C10H8O4/c1-6(11)10(14)5-7-4-8(12)2-3-9(7)13/h2-4H,5H2,1H3. The van der Waals surface area contributed by atoms with Crippen LogP contribution in [-0.4, -0.2) is 23.1 Å². The summed E-state index contributed by atoms with van der Waals surface area (Å²) in [6, 6.07) is 0. The molecule has 0 atom stereocenters. The monoisotopic (exact) mass is 192 g/mol. The fraction of sp³-hybridized carbons (Fsp3) is 0.200. The van der Waals surface area contributed by atoms with Gasteiger partial charge in [0.25, 0.3) is 0 Å². The average molecular weight is 192 g/mol. The maximum absolute atomic E-state index is 11.1. The van der Waals surface area contributed by atoms with Crippen LogP contribution in [0.3, 0.4) is 0 Å². The van der Waals surface area contributed by atoms with Gasteiger partial charge in [-0.25, -0.2) is 0 Å². The van der Waals surface area contributed by atoms with Crippen LogP contribution in [0.1, 0.15) is 13.3 Å². The third kappa shape index (κ3) is 2.32. The first kappa shape index (κ1) is 10.2. The third-order valence-corrected chi connectivity index (χ3v) is 1.78. The maximum atomic E-state index is 11.1. The molecule has 0 fully saturated rings. The van der Waals surface area contributed by atoms with E-state index >= 15 is 0 Å². The van der Waals surface area contributed by atoms with Gasteiger partial charge in [0, 0.05) is 18.9 Å². The molecule has 0 aromatic heterocycles. The fourth-order valence-electron chi connectivity index (χ4n) is 0.991. The molecule has 1 aliphatic rings. The molecule has 1 rings (SSSR count). The SMILES string of the molecule is CC(=O)C(=O)CC1=CC(=O)C=CC1=O. The van der Waals surface area contributed by atoms with Gasteiger partial charge in [0.15, 0.2) is 17.3 Å². The summed E-state index contributed by atoms with van der Waals surface area (Å²) in [5.74, 6) is -2.00. The number of Topliss-reactive ketones (excluding diaryl/α,β-unsaturated/α-hetero) is 2. The predicted molar refractivity (Wildman–Crippen MR) is 47.5 cm³/mol. The molecule has 0 heterocycles. The van der Waals surface area contributed by atoms with Crippen LogP contribution in [0.15, 0.2) is 23.8 Å².